The van der Waals surface area contributed by atoms with Crippen molar-refractivity contribution in [3.05, 3.63) is 29.0 Å². The zero-order valence-corrected chi connectivity index (χ0v) is 11.4. The van der Waals surface area contributed by atoms with Crippen molar-refractivity contribution in [2.24, 2.45) is 17.6 Å². The Labute approximate surface area is 117 Å². The molecule has 2 atom stereocenters. The van der Waals surface area contributed by atoms with Gasteiger partial charge in [0, 0.05) is 5.92 Å². The number of rotatable bonds is 3. The Bertz CT molecular complexity index is 467. The van der Waals surface area contributed by atoms with Gasteiger partial charge in [0.1, 0.15) is 5.82 Å². The summed E-state index contributed by atoms with van der Waals surface area (Å²) in [5, 5.41) is 2.99. The maximum Gasteiger partial charge on any atom is 0.227 e. The van der Waals surface area contributed by atoms with Crippen LogP contribution in [0.15, 0.2) is 18.2 Å². The third kappa shape index (κ3) is 3.45. The molecule has 0 aliphatic heterocycles. The molecule has 0 aromatic heterocycles. The van der Waals surface area contributed by atoms with Crippen LogP contribution in [0.4, 0.5) is 10.1 Å². The van der Waals surface area contributed by atoms with Gasteiger partial charge < -0.3 is 11.1 Å². The molecule has 104 valence electrons. The van der Waals surface area contributed by atoms with E-state index in [0.29, 0.717) is 12.2 Å². The van der Waals surface area contributed by atoms with Crippen LogP contribution < -0.4 is 11.1 Å². The van der Waals surface area contributed by atoms with Crippen LogP contribution in [0.3, 0.4) is 0 Å². The fraction of sp³-hybridized carbons (Fsp3) is 0.500. The highest BCUT2D eigenvalue weighted by Gasteiger charge is 2.30. The average Bonchev–Trinajstić information content (AvgIpc) is 2.41. The van der Waals surface area contributed by atoms with Gasteiger partial charge in [-0.05, 0) is 43.5 Å². The largest absolute Gasteiger partial charge is 0.330 e. The van der Waals surface area contributed by atoms with E-state index in [2.05, 4.69) is 5.32 Å². The number of benzene rings is 1. The molecule has 19 heavy (non-hydrogen) atoms. The summed E-state index contributed by atoms with van der Waals surface area (Å²) in [4.78, 5) is 12.3. The van der Waals surface area contributed by atoms with Gasteiger partial charge in [-0.15, -0.1) is 0 Å². The fourth-order valence-electron chi connectivity index (χ4n) is 2.65. The highest BCUT2D eigenvalue weighted by atomic mass is 35.5. The Morgan fingerprint density at radius 3 is 2.84 bits per heavy atom. The van der Waals surface area contributed by atoms with Gasteiger partial charge in [0.25, 0.3) is 0 Å². The lowest BCUT2D eigenvalue weighted by atomic mass is 9.78. The van der Waals surface area contributed by atoms with Crippen LogP contribution in [-0.4, -0.2) is 12.5 Å². The minimum atomic E-state index is -0.416. The highest BCUT2D eigenvalue weighted by molar-refractivity contribution is 6.33. The summed E-state index contributed by atoms with van der Waals surface area (Å²) in [5.74, 6) is -0.322. The van der Waals surface area contributed by atoms with E-state index in [1.807, 2.05) is 0 Å². The van der Waals surface area contributed by atoms with Crippen molar-refractivity contribution in [1.29, 1.82) is 0 Å². The van der Waals surface area contributed by atoms with E-state index in [9.17, 15) is 9.18 Å². The van der Waals surface area contributed by atoms with Gasteiger partial charge in [0.15, 0.2) is 0 Å². The second-order valence-corrected chi connectivity index (χ2v) is 5.41. The van der Waals surface area contributed by atoms with Crippen molar-refractivity contribution < 1.29 is 9.18 Å². The number of hydrogen-bond acceptors (Lipinski definition) is 2. The van der Waals surface area contributed by atoms with E-state index < -0.39 is 5.82 Å². The lowest BCUT2D eigenvalue weighted by Crippen LogP contribution is -2.35. The third-order valence-corrected chi connectivity index (χ3v) is 4.05. The first kappa shape index (κ1) is 14.3. The summed E-state index contributed by atoms with van der Waals surface area (Å²) < 4.78 is 12.9. The molecule has 3 N–H and O–H groups in total. The van der Waals surface area contributed by atoms with Crippen LogP contribution in [-0.2, 0) is 4.79 Å². The molecule has 1 fully saturated rings. The number of hydrogen-bond donors (Lipinski definition) is 2. The first-order valence-electron chi connectivity index (χ1n) is 6.58. The summed E-state index contributed by atoms with van der Waals surface area (Å²) >= 11 is 5.90. The minimum absolute atomic E-state index is 0.0661. The Kier molecular flexibility index (Phi) is 4.77. The van der Waals surface area contributed by atoms with Crippen LogP contribution in [0.2, 0.25) is 5.02 Å². The van der Waals surface area contributed by atoms with Crippen molar-refractivity contribution in [1.82, 2.24) is 0 Å². The zero-order valence-electron chi connectivity index (χ0n) is 10.7. The van der Waals surface area contributed by atoms with Crippen LogP contribution >= 0.6 is 11.6 Å². The van der Waals surface area contributed by atoms with Crippen molar-refractivity contribution in [3.8, 4) is 0 Å². The molecule has 0 spiro atoms. The monoisotopic (exact) mass is 284 g/mol. The standard InChI is InChI=1S/C14H18ClFN2O/c15-12-7-10(16)5-6-13(12)18-14(19)11-4-2-1-3-9(11)8-17/h5-7,9,11H,1-4,8,17H2,(H,18,19). The molecular formula is C14H18ClFN2O. The van der Waals surface area contributed by atoms with Crippen molar-refractivity contribution in [2.45, 2.75) is 25.7 Å². The molecule has 0 saturated heterocycles. The smallest absolute Gasteiger partial charge is 0.227 e. The molecule has 1 aliphatic carbocycles. The van der Waals surface area contributed by atoms with Crippen LogP contribution in [0.1, 0.15) is 25.7 Å². The molecule has 3 nitrogen and oxygen atoms in total. The van der Waals surface area contributed by atoms with Crippen LogP contribution in [0.5, 0.6) is 0 Å². The van der Waals surface area contributed by atoms with Crippen molar-refractivity contribution in [2.75, 3.05) is 11.9 Å². The van der Waals surface area contributed by atoms with Gasteiger partial charge in [-0.2, -0.15) is 0 Å². The Morgan fingerprint density at radius 1 is 1.42 bits per heavy atom. The quantitative estimate of drug-likeness (QED) is 0.896. The molecule has 1 aliphatic rings. The van der Waals surface area contributed by atoms with Crippen molar-refractivity contribution in [3.63, 3.8) is 0 Å². The van der Waals surface area contributed by atoms with Gasteiger partial charge in [-0.1, -0.05) is 24.4 Å². The predicted molar refractivity (Wildman–Crippen MR) is 74.5 cm³/mol. The number of anilines is 1. The lowest BCUT2D eigenvalue weighted by molar-refractivity contribution is -0.122. The summed E-state index contributed by atoms with van der Waals surface area (Å²) in [6.45, 7) is 0.523. The van der Waals surface area contributed by atoms with Crippen LogP contribution in [0.25, 0.3) is 0 Å². The molecule has 2 unspecified atom stereocenters. The maximum atomic E-state index is 12.9. The van der Waals surface area contributed by atoms with Gasteiger partial charge in [0.2, 0.25) is 5.91 Å². The molecule has 2 rings (SSSR count). The number of carbonyl (C=O) groups excluding carboxylic acids is 1. The zero-order chi connectivity index (χ0) is 13.8. The van der Waals surface area contributed by atoms with E-state index in [0.717, 1.165) is 25.7 Å². The molecule has 0 radical (unpaired) electrons. The second kappa shape index (κ2) is 6.35. The van der Waals surface area contributed by atoms with Gasteiger partial charge in [-0.3, -0.25) is 4.79 Å². The first-order valence-corrected chi connectivity index (χ1v) is 6.95. The summed E-state index contributed by atoms with van der Waals surface area (Å²) in [6.07, 6.45) is 4.02. The Balaban J connectivity index is 2.07. The SMILES string of the molecule is NCC1CCCCC1C(=O)Nc1ccc(F)cc1Cl. The molecule has 5 heteroatoms. The molecule has 1 aromatic rings. The number of amides is 1. The molecule has 0 heterocycles. The van der Waals surface area contributed by atoms with Gasteiger partial charge >= 0.3 is 0 Å². The summed E-state index contributed by atoms with van der Waals surface area (Å²) in [7, 11) is 0. The van der Waals surface area contributed by atoms with E-state index in [4.69, 9.17) is 17.3 Å². The topological polar surface area (TPSA) is 55.1 Å². The lowest BCUT2D eigenvalue weighted by Gasteiger charge is -2.29. The van der Waals surface area contributed by atoms with E-state index in [-0.39, 0.29) is 22.8 Å². The molecule has 1 aromatic carbocycles. The Hall–Kier alpha value is -1.13. The summed E-state index contributed by atoms with van der Waals surface area (Å²) in [5.41, 5.74) is 6.17. The fourth-order valence-corrected chi connectivity index (χ4v) is 2.87. The first-order chi connectivity index (χ1) is 9.11. The maximum absolute atomic E-state index is 12.9. The van der Waals surface area contributed by atoms with Gasteiger partial charge in [0.05, 0.1) is 10.7 Å². The van der Waals surface area contributed by atoms with Crippen LogP contribution in [0, 0.1) is 17.7 Å². The minimum Gasteiger partial charge on any atom is -0.330 e. The normalized spacial score (nSPS) is 23.1. The van der Waals surface area contributed by atoms with Gasteiger partial charge in [-0.25, -0.2) is 4.39 Å². The number of nitrogens with two attached hydrogens (primary N) is 1. The molecule has 0 bridgehead atoms. The molecular weight excluding hydrogens is 267 g/mol. The number of carbonyl (C=O) groups is 1. The second-order valence-electron chi connectivity index (χ2n) is 5.00. The number of halogens is 2. The van der Waals surface area contributed by atoms with E-state index in [1.165, 1.54) is 18.2 Å². The summed E-state index contributed by atoms with van der Waals surface area (Å²) in [6, 6.07) is 3.96. The molecule has 1 amide bonds. The third-order valence-electron chi connectivity index (χ3n) is 3.74. The number of nitrogens with one attached hydrogen (secondary N) is 1. The van der Waals surface area contributed by atoms with Crippen molar-refractivity contribution >= 4 is 23.2 Å². The Morgan fingerprint density at radius 2 is 2.16 bits per heavy atom. The molecule has 1 saturated carbocycles. The van der Waals surface area contributed by atoms with E-state index in [1.54, 1.807) is 0 Å². The predicted octanol–water partition coefficient (Wildman–Crippen LogP) is 3.18. The van der Waals surface area contributed by atoms with E-state index >= 15 is 0 Å². The highest BCUT2D eigenvalue weighted by Crippen LogP contribution is 2.31. The average molecular weight is 285 g/mol.